The van der Waals surface area contributed by atoms with E-state index in [1.807, 2.05) is 48.5 Å². The van der Waals surface area contributed by atoms with E-state index in [4.69, 9.17) is 14.2 Å². The molecule has 0 aromatic heterocycles. The zero-order valence-electron chi connectivity index (χ0n) is 20.2. The maximum Gasteiger partial charge on any atom is 0.407 e. The van der Waals surface area contributed by atoms with Crippen LogP contribution in [0, 0.1) is 0 Å². The lowest BCUT2D eigenvalue weighted by Crippen LogP contribution is -2.44. The van der Waals surface area contributed by atoms with E-state index in [0.717, 1.165) is 22.3 Å². The summed E-state index contributed by atoms with van der Waals surface area (Å²) in [7, 11) is 0. The van der Waals surface area contributed by atoms with E-state index in [1.165, 1.54) is 0 Å². The molecule has 3 N–H and O–H groups in total. The van der Waals surface area contributed by atoms with Gasteiger partial charge in [0, 0.05) is 19.1 Å². The molecule has 1 aliphatic rings. The van der Waals surface area contributed by atoms with Crippen molar-refractivity contribution in [2.24, 2.45) is 0 Å². The van der Waals surface area contributed by atoms with Gasteiger partial charge in [-0.1, -0.05) is 48.5 Å². The van der Waals surface area contributed by atoms with Crippen molar-refractivity contribution in [3.63, 3.8) is 0 Å². The van der Waals surface area contributed by atoms with Gasteiger partial charge in [0.1, 0.15) is 12.2 Å². The first-order valence-corrected chi connectivity index (χ1v) is 11.5. The van der Waals surface area contributed by atoms with E-state index in [1.54, 1.807) is 20.8 Å². The summed E-state index contributed by atoms with van der Waals surface area (Å²) >= 11 is 0. The molecule has 0 radical (unpaired) electrons. The van der Waals surface area contributed by atoms with Crippen molar-refractivity contribution in [1.29, 1.82) is 0 Å². The molecule has 9 nitrogen and oxygen atoms in total. The van der Waals surface area contributed by atoms with Crippen LogP contribution in [0.3, 0.4) is 0 Å². The van der Waals surface area contributed by atoms with Crippen LogP contribution in [0.4, 0.5) is 9.59 Å². The number of amides is 2. The topological polar surface area (TPSA) is 123 Å². The van der Waals surface area contributed by atoms with Crippen molar-refractivity contribution in [1.82, 2.24) is 10.6 Å². The molecule has 0 aliphatic heterocycles. The SMILES string of the molecule is CC(C)(C)OC(=O)NCCCOC[C@@H](NC(=O)OCC1c2ccccc2-c2ccccc21)C(=O)O. The van der Waals surface area contributed by atoms with Gasteiger partial charge < -0.3 is 30.0 Å². The molecule has 35 heavy (non-hydrogen) atoms. The smallest absolute Gasteiger partial charge is 0.407 e. The molecule has 0 spiro atoms. The number of fused-ring (bicyclic) bond motifs is 3. The Morgan fingerprint density at radius 1 is 0.971 bits per heavy atom. The summed E-state index contributed by atoms with van der Waals surface area (Å²) in [5.74, 6) is -1.35. The number of benzene rings is 2. The molecule has 188 valence electrons. The molecule has 0 bridgehead atoms. The number of carboxylic acid groups (broad SMARTS) is 1. The van der Waals surface area contributed by atoms with E-state index in [-0.39, 0.29) is 25.7 Å². The monoisotopic (exact) mass is 484 g/mol. The first-order valence-electron chi connectivity index (χ1n) is 11.5. The van der Waals surface area contributed by atoms with Gasteiger partial charge in [-0.05, 0) is 49.4 Å². The molecule has 1 aliphatic carbocycles. The minimum atomic E-state index is -1.26. The van der Waals surface area contributed by atoms with Crippen LogP contribution in [-0.4, -0.2) is 61.3 Å². The fourth-order valence-electron chi connectivity index (χ4n) is 3.84. The molecule has 9 heteroatoms. The van der Waals surface area contributed by atoms with Crippen molar-refractivity contribution in [3.8, 4) is 11.1 Å². The summed E-state index contributed by atoms with van der Waals surface area (Å²) in [6.07, 6.45) is -0.899. The highest BCUT2D eigenvalue weighted by Gasteiger charge is 2.29. The molecule has 0 saturated carbocycles. The van der Waals surface area contributed by atoms with E-state index in [9.17, 15) is 19.5 Å². The molecule has 1 atom stereocenters. The van der Waals surface area contributed by atoms with Crippen LogP contribution in [0.1, 0.15) is 44.2 Å². The Hall–Kier alpha value is -3.59. The van der Waals surface area contributed by atoms with Crippen LogP contribution in [0.5, 0.6) is 0 Å². The van der Waals surface area contributed by atoms with Gasteiger partial charge in [0.25, 0.3) is 0 Å². The molecule has 0 heterocycles. The fourth-order valence-corrected chi connectivity index (χ4v) is 3.84. The summed E-state index contributed by atoms with van der Waals surface area (Å²) in [6, 6.07) is 14.7. The highest BCUT2D eigenvalue weighted by molar-refractivity contribution is 5.81. The first-order chi connectivity index (χ1) is 16.7. The summed E-state index contributed by atoms with van der Waals surface area (Å²) in [5, 5.41) is 14.4. The lowest BCUT2D eigenvalue weighted by molar-refractivity contribution is -0.141. The number of carbonyl (C=O) groups is 3. The highest BCUT2D eigenvalue weighted by atomic mass is 16.6. The molecule has 2 aromatic carbocycles. The molecule has 0 unspecified atom stereocenters. The lowest BCUT2D eigenvalue weighted by atomic mass is 9.98. The zero-order valence-corrected chi connectivity index (χ0v) is 20.2. The third kappa shape index (κ3) is 7.45. The average Bonchev–Trinajstić information content (AvgIpc) is 3.11. The van der Waals surface area contributed by atoms with Crippen LogP contribution in [0.2, 0.25) is 0 Å². The number of carbonyl (C=O) groups excluding carboxylic acids is 2. The Morgan fingerprint density at radius 2 is 1.57 bits per heavy atom. The van der Waals surface area contributed by atoms with Gasteiger partial charge in [0.15, 0.2) is 6.04 Å². The quantitative estimate of drug-likeness (QED) is 0.437. The first kappa shape index (κ1) is 26.0. The molecule has 0 fully saturated rings. The number of hydrogen-bond acceptors (Lipinski definition) is 6. The fraction of sp³-hybridized carbons (Fsp3) is 0.423. The van der Waals surface area contributed by atoms with Gasteiger partial charge in [0.2, 0.25) is 0 Å². The standard InChI is InChI=1S/C26H32N2O7/c1-26(2,3)35-24(31)27-13-8-14-33-16-22(23(29)30)28-25(32)34-15-21-19-11-6-4-9-17(19)18-10-5-7-12-20(18)21/h4-7,9-12,21-22H,8,13-16H2,1-3H3,(H,27,31)(H,28,32)(H,29,30)/t22-/m1/s1. The third-order valence-electron chi connectivity index (χ3n) is 5.35. The summed E-state index contributed by atoms with van der Waals surface area (Å²) in [5.41, 5.74) is 3.77. The van der Waals surface area contributed by atoms with Crippen LogP contribution in [0.25, 0.3) is 11.1 Å². The number of hydrogen-bond donors (Lipinski definition) is 3. The number of aliphatic carboxylic acids is 1. The second kappa shape index (κ2) is 11.7. The van der Waals surface area contributed by atoms with Gasteiger partial charge in [-0.15, -0.1) is 0 Å². The van der Waals surface area contributed by atoms with Crippen molar-refractivity contribution >= 4 is 18.2 Å². The number of ether oxygens (including phenoxy) is 3. The second-order valence-corrected chi connectivity index (χ2v) is 9.22. The van der Waals surface area contributed by atoms with Gasteiger partial charge in [-0.2, -0.15) is 0 Å². The van der Waals surface area contributed by atoms with E-state index in [2.05, 4.69) is 10.6 Å². The van der Waals surface area contributed by atoms with Gasteiger partial charge >= 0.3 is 18.2 Å². The molecule has 2 aromatic rings. The normalized spacial score (nSPS) is 13.3. The van der Waals surface area contributed by atoms with E-state index in [0.29, 0.717) is 13.0 Å². The highest BCUT2D eigenvalue weighted by Crippen LogP contribution is 2.44. The lowest BCUT2D eigenvalue weighted by Gasteiger charge is -2.19. The van der Waals surface area contributed by atoms with E-state index >= 15 is 0 Å². The van der Waals surface area contributed by atoms with Gasteiger partial charge in [0.05, 0.1) is 6.61 Å². The Labute approximate surface area is 204 Å². The Morgan fingerprint density at radius 3 is 2.14 bits per heavy atom. The molecule has 2 amide bonds. The van der Waals surface area contributed by atoms with Crippen LogP contribution in [0.15, 0.2) is 48.5 Å². The van der Waals surface area contributed by atoms with Crippen LogP contribution < -0.4 is 10.6 Å². The minimum absolute atomic E-state index is 0.0867. The largest absolute Gasteiger partial charge is 0.480 e. The van der Waals surface area contributed by atoms with E-state index < -0.39 is 29.8 Å². The average molecular weight is 485 g/mol. The van der Waals surface area contributed by atoms with Gasteiger partial charge in [-0.3, -0.25) is 0 Å². The Kier molecular flexibility index (Phi) is 8.70. The summed E-state index contributed by atoms with van der Waals surface area (Å²) in [4.78, 5) is 35.5. The molecular formula is C26H32N2O7. The van der Waals surface area contributed by atoms with Crippen LogP contribution in [-0.2, 0) is 19.0 Å². The maximum atomic E-state index is 12.3. The number of rotatable bonds is 10. The maximum absolute atomic E-state index is 12.3. The predicted octanol–water partition coefficient (Wildman–Crippen LogP) is 3.91. The minimum Gasteiger partial charge on any atom is -0.480 e. The van der Waals surface area contributed by atoms with Gasteiger partial charge in [-0.25, -0.2) is 14.4 Å². The molecular weight excluding hydrogens is 452 g/mol. The van der Waals surface area contributed by atoms with Crippen molar-refractivity contribution in [2.75, 3.05) is 26.4 Å². The summed E-state index contributed by atoms with van der Waals surface area (Å²) in [6.45, 7) is 5.68. The number of nitrogens with one attached hydrogen (secondary N) is 2. The molecule has 3 rings (SSSR count). The second-order valence-electron chi connectivity index (χ2n) is 9.22. The van der Waals surface area contributed by atoms with Crippen molar-refractivity contribution in [3.05, 3.63) is 59.7 Å². The Bertz CT molecular complexity index is 1000. The van der Waals surface area contributed by atoms with Crippen molar-refractivity contribution in [2.45, 2.75) is 44.8 Å². The van der Waals surface area contributed by atoms with Crippen LogP contribution >= 0.6 is 0 Å². The molecule has 0 saturated heterocycles. The zero-order chi connectivity index (χ0) is 25.4. The number of alkyl carbamates (subject to hydrolysis) is 2. The summed E-state index contributed by atoms with van der Waals surface area (Å²) < 4.78 is 15.9. The third-order valence-corrected chi connectivity index (χ3v) is 5.35. The van der Waals surface area contributed by atoms with Crippen molar-refractivity contribution < 1.29 is 33.7 Å². The Balaban J connectivity index is 1.42. The number of carboxylic acids is 1. The predicted molar refractivity (Wildman–Crippen MR) is 129 cm³/mol.